The van der Waals surface area contributed by atoms with Crippen molar-refractivity contribution in [2.75, 3.05) is 11.0 Å². The maximum absolute atomic E-state index is 11.6. The molecule has 0 saturated carbocycles. The number of aromatic amines is 1. The molecule has 0 aliphatic rings. The van der Waals surface area contributed by atoms with Crippen LogP contribution in [-0.2, 0) is 10.0 Å². The largest absolute Gasteiger partial charge is 0.268 e. The quantitative estimate of drug-likeness (QED) is 0.413. The summed E-state index contributed by atoms with van der Waals surface area (Å²) in [5.41, 5.74) is 2.16. The summed E-state index contributed by atoms with van der Waals surface area (Å²) in [6.07, 6.45) is 3.87. The number of aromatic nitrogens is 4. The molecule has 0 amide bonds. The van der Waals surface area contributed by atoms with Crippen LogP contribution in [0.25, 0.3) is 32.3 Å². The van der Waals surface area contributed by atoms with E-state index in [1.165, 1.54) is 23.9 Å². The zero-order valence-corrected chi connectivity index (χ0v) is 18.9. The Labute approximate surface area is 191 Å². The van der Waals surface area contributed by atoms with Crippen molar-refractivity contribution in [2.45, 2.75) is 0 Å². The molecule has 12 heteroatoms. The van der Waals surface area contributed by atoms with Gasteiger partial charge in [-0.25, -0.2) is 18.4 Å². The van der Waals surface area contributed by atoms with Gasteiger partial charge in [-0.1, -0.05) is 29.3 Å². The molecule has 8 nitrogen and oxygen atoms in total. The molecule has 4 rings (SSSR count). The number of rotatable bonds is 5. The van der Waals surface area contributed by atoms with Gasteiger partial charge in [-0.2, -0.15) is 10.4 Å². The molecule has 0 saturated heterocycles. The van der Waals surface area contributed by atoms with Crippen molar-refractivity contribution in [3.05, 3.63) is 58.5 Å². The van der Waals surface area contributed by atoms with Gasteiger partial charge in [-0.15, -0.1) is 11.3 Å². The smallest absolute Gasteiger partial charge is 0.230 e. The molecule has 2 N–H and O–H groups in total. The van der Waals surface area contributed by atoms with Gasteiger partial charge in [-0.05, 0) is 29.8 Å². The average Bonchev–Trinajstić information content (AvgIpc) is 3.34. The number of hydrogen-bond acceptors (Lipinski definition) is 7. The van der Waals surface area contributed by atoms with Crippen LogP contribution in [0, 0.1) is 11.3 Å². The van der Waals surface area contributed by atoms with E-state index in [0.29, 0.717) is 47.9 Å². The summed E-state index contributed by atoms with van der Waals surface area (Å²) in [7, 11) is -3.51. The molecular weight excluding hydrogens is 479 g/mol. The molecular formula is C19H12Cl2N6O2S2. The number of nitriles is 1. The van der Waals surface area contributed by atoms with E-state index in [0.717, 1.165) is 6.26 Å². The summed E-state index contributed by atoms with van der Waals surface area (Å²) >= 11 is 13.8. The lowest BCUT2D eigenvalue weighted by Gasteiger charge is -2.07. The predicted octanol–water partition coefficient (Wildman–Crippen LogP) is 4.81. The Bertz CT molecular complexity index is 1430. The van der Waals surface area contributed by atoms with E-state index in [4.69, 9.17) is 23.2 Å². The van der Waals surface area contributed by atoms with Crippen molar-refractivity contribution in [3.63, 3.8) is 0 Å². The summed E-state index contributed by atoms with van der Waals surface area (Å²) in [6.45, 7) is 0. The van der Waals surface area contributed by atoms with Crippen LogP contribution < -0.4 is 4.72 Å². The molecule has 0 atom stereocenters. The zero-order chi connectivity index (χ0) is 22.2. The molecule has 0 spiro atoms. The third-order valence-electron chi connectivity index (χ3n) is 4.16. The number of thiophene rings is 1. The molecule has 0 aliphatic heterocycles. The summed E-state index contributed by atoms with van der Waals surface area (Å²) in [6, 6.07) is 10.5. The Morgan fingerprint density at radius 2 is 1.97 bits per heavy atom. The minimum Gasteiger partial charge on any atom is -0.268 e. The molecule has 0 aliphatic carbocycles. The number of nitrogens with zero attached hydrogens (tertiary/aromatic N) is 4. The van der Waals surface area contributed by atoms with Gasteiger partial charge in [0.2, 0.25) is 10.0 Å². The highest BCUT2D eigenvalue weighted by Crippen LogP contribution is 2.48. The third kappa shape index (κ3) is 4.40. The number of H-pyrrole nitrogens is 1. The van der Waals surface area contributed by atoms with Crippen LogP contribution >= 0.6 is 34.5 Å². The molecule has 0 unspecified atom stereocenters. The lowest BCUT2D eigenvalue weighted by molar-refractivity contribution is 0.606. The van der Waals surface area contributed by atoms with Crippen LogP contribution in [0.3, 0.4) is 0 Å². The van der Waals surface area contributed by atoms with Crippen molar-refractivity contribution in [2.24, 2.45) is 0 Å². The van der Waals surface area contributed by atoms with Gasteiger partial charge in [-0.3, -0.25) is 9.82 Å². The average molecular weight is 491 g/mol. The van der Waals surface area contributed by atoms with E-state index < -0.39 is 10.0 Å². The fourth-order valence-corrected chi connectivity index (χ4v) is 5.19. The van der Waals surface area contributed by atoms with E-state index in [1.54, 1.807) is 30.3 Å². The van der Waals surface area contributed by atoms with Crippen molar-refractivity contribution < 1.29 is 8.42 Å². The highest BCUT2D eigenvalue weighted by molar-refractivity contribution is 7.92. The van der Waals surface area contributed by atoms with Crippen LogP contribution in [0.15, 0.2) is 42.9 Å². The number of hydrogen-bond donors (Lipinski definition) is 2. The number of nitrogens with one attached hydrogen (secondary N) is 2. The van der Waals surface area contributed by atoms with Gasteiger partial charge in [0.15, 0.2) is 5.82 Å². The third-order valence-corrected chi connectivity index (χ3v) is 6.54. The summed E-state index contributed by atoms with van der Waals surface area (Å²) in [4.78, 5) is 9.52. The van der Waals surface area contributed by atoms with Crippen LogP contribution in [0.4, 0.5) is 5.82 Å². The predicted molar refractivity (Wildman–Crippen MR) is 122 cm³/mol. The number of sulfonamides is 1. The first kappa shape index (κ1) is 21.3. The molecule has 31 heavy (non-hydrogen) atoms. The van der Waals surface area contributed by atoms with Gasteiger partial charge < -0.3 is 0 Å². The van der Waals surface area contributed by atoms with Crippen molar-refractivity contribution >= 4 is 50.4 Å². The first-order chi connectivity index (χ1) is 14.8. The van der Waals surface area contributed by atoms with Crippen LogP contribution in [-0.4, -0.2) is 34.8 Å². The Morgan fingerprint density at radius 3 is 2.61 bits per heavy atom. The maximum atomic E-state index is 11.6. The number of halogens is 2. The van der Waals surface area contributed by atoms with Gasteiger partial charge in [0, 0.05) is 27.4 Å². The first-order valence-corrected chi connectivity index (χ1v) is 12.1. The molecule has 0 radical (unpaired) electrons. The van der Waals surface area contributed by atoms with Crippen LogP contribution in [0.2, 0.25) is 10.0 Å². The number of pyridine rings is 1. The second-order valence-corrected chi connectivity index (χ2v) is 10.00. The minimum absolute atomic E-state index is 0.143. The molecule has 4 aromatic rings. The molecule has 156 valence electrons. The Morgan fingerprint density at radius 1 is 1.16 bits per heavy atom. The van der Waals surface area contributed by atoms with Gasteiger partial charge in [0.1, 0.15) is 18.2 Å². The zero-order valence-electron chi connectivity index (χ0n) is 15.7. The lowest BCUT2D eigenvalue weighted by Crippen LogP contribution is -2.10. The Hall–Kier alpha value is -2.97. The summed E-state index contributed by atoms with van der Waals surface area (Å²) < 4.78 is 25.5. The SMILES string of the molecule is CS(=O)(=O)Nc1cc(-c2sc(-c3ncn[nH]3)c(-c3ccc(Cl)cc3Cl)c2C#N)ccn1. The summed E-state index contributed by atoms with van der Waals surface area (Å²) in [5.74, 6) is 0.613. The van der Waals surface area contributed by atoms with Crippen molar-refractivity contribution in [3.8, 4) is 38.3 Å². The summed E-state index contributed by atoms with van der Waals surface area (Å²) in [5, 5.41) is 17.6. The van der Waals surface area contributed by atoms with E-state index >= 15 is 0 Å². The Balaban J connectivity index is 1.98. The topological polar surface area (TPSA) is 124 Å². The fourth-order valence-electron chi connectivity index (χ4n) is 2.99. The standard InChI is InChI=1S/C19H12Cl2N6O2S2/c1-31(28,29)27-15-6-10(4-5-23-15)17-13(8-22)16(12-3-2-11(20)7-14(12)21)18(30-17)19-24-9-25-26-19/h2-7,9H,1H3,(H,23,27)(H,24,25,26). The van der Waals surface area contributed by atoms with Gasteiger partial charge in [0.05, 0.1) is 21.6 Å². The lowest BCUT2D eigenvalue weighted by atomic mass is 9.98. The van der Waals surface area contributed by atoms with E-state index in [9.17, 15) is 13.7 Å². The van der Waals surface area contributed by atoms with E-state index in [1.807, 2.05) is 0 Å². The van der Waals surface area contributed by atoms with Crippen LogP contribution in [0.1, 0.15) is 5.56 Å². The normalized spacial score (nSPS) is 11.3. The molecule has 3 aromatic heterocycles. The Kier molecular flexibility index (Phi) is 5.68. The van der Waals surface area contributed by atoms with E-state index in [-0.39, 0.29) is 5.82 Å². The fraction of sp³-hybridized carbons (Fsp3) is 0.0526. The van der Waals surface area contributed by atoms with Gasteiger partial charge >= 0.3 is 0 Å². The molecule has 3 heterocycles. The second kappa shape index (κ2) is 8.28. The number of anilines is 1. The molecule has 0 bridgehead atoms. The monoisotopic (exact) mass is 490 g/mol. The van der Waals surface area contributed by atoms with Crippen molar-refractivity contribution in [1.29, 1.82) is 5.26 Å². The van der Waals surface area contributed by atoms with Crippen LogP contribution in [0.5, 0.6) is 0 Å². The van der Waals surface area contributed by atoms with E-state index in [2.05, 4.69) is 31.0 Å². The molecule has 1 aromatic carbocycles. The number of benzene rings is 1. The molecule has 0 fully saturated rings. The first-order valence-electron chi connectivity index (χ1n) is 8.59. The maximum Gasteiger partial charge on any atom is 0.230 e. The second-order valence-electron chi connectivity index (χ2n) is 6.38. The minimum atomic E-state index is -3.51. The highest BCUT2D eigenvalue weighted by Gasteiger charge is 2.25. The highest BCUT2D eigenvalue weighted by atomic mass is 35.5. The van der Waals surface area contributed by atoms with Crippen molar-refractivity contribution in [1.82, 2.24) is 20.2 Å². The van der Waals surface area contributed by atoms with Gasteiger partial charge in [0.25, 0.3) is 0 Å².